The molecule has 0 heterocycles. The quantitative estimate of drug-likeness (QED) is 0.0845. The lowest BCUT2D eigenvalue weighted by molar-refractivity contribution is -1.04. The van der Waals surface area contributed by atoms with E-state index in [2.05, 4.69) is 0 Å². The molecular formula is C58H51N2O4+. The summed E-state index contributed by atoms with van der Waals surface area (Å²) < 4.78 is 0. The van der Waals surface area contributed by atoms with Crippen molar-refractivity contribution in [2.45, 2.75) is 49.6 Å². The Kier molecular flexibility index (Phi) is 12.8. The Bertz CT molecular complexity index is 2470. The van der Waals surface area contributed by atoms with Gasteiger partial charge in [-0.3, -0.25) is 10.0 Å². The first-order valence-electron chi connectivity index (χ1n) is 22.2. The van der Waals surface area contributed by atoms with Gasteiger partial charge in [0.1, 0.15) is 18.0 Å². The van der Waals surface area contributed by atoms with Crippen LogP contribution in [0.1, 0.15) is 59.8 Å². The molecule has 0 radical (unpaired) electrons. The van der Waals surface area contributed by atoms with Crippen molar-refractivity contribution in [1.82, 2.24) is 5.06 Å². The summed E-state index contributed by atoms with van der Waals surface area (Å²) in [5.74, 6) is -2.70. The van der Waals surface area contributed by atoms with Crippen molar-refractivity contribution in [3.63, 3.8) is 0 Å². The molecule has 0 aromatic heterocycles. The lowest BCUT2D eigenvalue weighted by atomic mass is 9.84. The Balaban J connectivity index is 1.08. The summed E-state index contributed by atoms with van der Waals surface area (Å²) in [6, 6.07) is 70.2. The van der Waals surface area contributed by atoms with E-state index in [1.807, 2.05) is 218 Å². The summed E-state index contributed by atoms with van der Waals surface area (Å²) in [7, 11) is 0. The third kappa shape index (κ3) is 9.12. The lowest BCUT2D eigenvalue weighted by Crippen LogP contribution is -3.18. The third-order valence-corrected chi connectivity index (χ3v) is 12.7. The normalized spacial score (nSPS) is 15.4. The first kappa shape index (κ1) is 42.1. The molecule has 6 nitrogen and oxygen atoms in total. The minimum atomic E-state index is -0.882. The number of amides is 2. The maximum atomic E-state index is 15.2. The second-order valence-electron chi connectivity index (χ2n) is 16.7. The molecular weight excluding hydrogens is 789 g/mol. The first-order valence-corrected chi connectivity index (χ1v) is 22.2. The van der Waals surface area contributed by atoms with Gasteiger partial charge in [0.25, 0.3) is 5.91 Å². The average molecular weight is 840 g/mol. The maximum Gasteiger partial charge on any atom is 0.356 e. The van der Waals surface area contributed by atoms with Crippen LogP contribution in [0.3, 0.4) is 0 Å². The van der Waals surface area contributed by atoms with Gasteiger partial charge in [0, 0.05) is 6.42 Å². The van der Waals surface area contributed by atoms with Gasteiger partial charge in [-0.05, 0) is 91.7 Å². The molecule has 64 heavy (non-hydrogen) atoms. The zero-order valence-electron chi connectivity index (χ0n) is 35.6. The Morgan fingerprint density at radius 2 is 0.734 bits per heavy atom. The highest BCUT2D eigenvalue weighted by Crippen LogP contribution is 2.36. The molecule has 1 aliphatic rings. The molecule has 0 saturated heterocycles. The molecule has 9 rings (SSSR count). The van der Waals surface area contributed by atoms with E-state index in [0.29, 0.717) is 12.8 Å². The Labute approximate surface area is 375 Å². The van der Waals surface area contributed by atoms with E-state index in [1.54, 1.807) is 0 Å². The smallest absolute Gasteiger partial charge is 0.285 e. The molecule has 2 unspecified atom stereocenters. The Hall–Kier alpha value is -7.22. The number of nitrogens with one attached hydrogen (secondary N) is 1. The Morgan fingerprint density at radius 3 is 1.09 bits per heavy atom. The van der Waals surface area contributed by atoms with E-state index in [9.17, 15) is 10.4 Å². The van der Waals surface area contributed by atoms with Gasteiger partial charge in [0.05, 0.1) is 5.92 Å². The Morgan fingerprint density at radius 1 is 0.422 bits per heavy atom. The van der Waals surface area contributed by atoms with Gasteiger partial charge in [0.15, 0.2) is 0 Å². The van der Waals surface area contributed by atoms with E-state index in [0.717, 1.165) is 84.7 Å². The number of nitrogens with zero attached hydrogens (tertiary/aromatic N) is 1. The number of carbonyl (C=O) groups excluding carboxylic acids is 2. The van der Waals surface area contributed by atoms with Crippen molar-refractivity contribution in [1.29, 1.82) is 0 Å². The highest BCUT2D eigenvalue weighted by molar-refractivity contribution is 5.88. The van der Waals surface area contributed by atoms with Crippen LogP contribution in [0.2, 0.25) is 0 Å². The zero-order chi connectivity index (χ0) is 43.8. The van der Waals surface area contributed by atoms with E-state index in [-0.39, 0.29) is 5.06 Å². The van der Waals surface area contributed by atoms with E-state index < -0.39 is 35.7 Å². The van der Waals surface area contributed by atoms with Crippen LogP contribution in [0, 0.1) is 0 Å². The van der Waals surface area contributed by atoms with Gasteiger partial charge in [-0.25, -0.2) is 15.1 Å². The van der Waals surface area contributed by atoms with Crippen LogP contribution >= 0.6 is 0 Å². The standard InChI is InChI=1S/C58H50N2O4/c61-57(55(49-31-15-27-45(37-49)41-19-5-1-6-20-41)50-32-16-28-46(38-50)42-21-7-2-8-22-42)59(63)53-35-13-14-36-54(53)60(64)58(62)56(51-33-17-29-47(39-51)43-23-9-3-10-24-43)52-34-18-30-48(40-52)44-25-11-4-12-26-44/h1-12,15-34,37-40,53-56,63-64H,13-14,35-36H2/p+1/t53-,54?/m1/s1. The number of hydroxylamine groups is 4. The number of hydrogen-bond acceptors (Lipinski definition) is 4. The van der Waals surface area contributed by atoms with E-state index in [1.165, 1.54) is 0 Å². The third-order valence-electron chi connectivity index (χ3n) is 12.7. The minimum absolute atomic E-state index is 0.328. The predicted molar refractivity (Wildman–Crippen MR) is 254 cm³/mol. The summed E-state index contributed by atoms with van der Waals surface area (Å²) in [6.07, 6.45) is 2.32. The van der Waals surface area contributed by atoms with Crippen LogP contribution in [-0.2, 0) is 9.59 Å². The molecule has 1 saturated carbocycles. The average Bonchev–Trinajstić information content (AvgIpc) is 3.37. The van der Waals surface area contributed by atoms with Crippen LogP contribution in [-0.4, -0.2) is 39.4 Å². The number of hydrogen-bond donors (Lipinski definition) is 3. The molecule has 3 atom stereocenters. The second kappa shape index (κ2) is 19.4. The fourth-order valence-corrected chi connectivity index (χ4v) is 9.44. The summed E-state index contributed by atoms with van der Waals surface area (Å²) in [4.78, 5) is 30.4. The van der Waals surface area contributed by atoms with Crippen LogP contribution in [0.5, 0.6) is 0 Å². The molecule has 1 fully saturated rings. The van der Waals surface area contributed by atoms with E-state index >= 15 is 9.59 Å². The highest BCUT2D eigenvalue weighted by atomic mass is 16.5. The van der Waals surface area contributed by atoms with Crippen molar-refractivity contribution < 1.29 is 25.1 Å². The van der Waals surface area contributed by atoms with Crippen LogP contribution in [0.15, 0.2) is 218 Å². The van der Waals surface area contributed by atoms with Gasteiger partial charge >= 0.3 is 5.91 Å². The van der Waals surface area contributed by atoms with Gasteiger partial charge < -0.3 is 0 Å². The molecule has 1 aliphatic carbocycles. The van der Waals surface area contributed by atoms with Crippen molar-refractivity contribution in [3.05, 3.63) is 241 Å². The van der Waals surface area contributed by atoms with Crippen molar-refractivity contribution in [3.8, 4) is 44.5 Å². The van der Waals surface area contributed by atoms with Gasteiger partial charge in [-0.2, -0.15) is 0 Å². The van der Waals surface area contributed by atoms with Crippen molar-refractivity contribution in [2.75, 3.05) is 0 Å². The van der Waals surface area contributed by atoms with E-state index in [4.69, 9.17) is 0 Å². The van der Waals surface area contributed by atoms with Crippen molar-refractivity contribution in [2.24, 2.45) is 0 Å². The predicted octanol–water partition coefficient (Wildman–Crippen LogP) is 11.6. The molecule has 0 bridgehead atoms. The number of quaternary nitrogens is 1. The van der Waals surface area contributed by atoms with Gasteiger partial charge in [-0.1, -0.05) is 213 Å². The molecule has 0 aliphatic heterocycles. The SMILES string of the molecule is O=C(C(c1cccc(-c2ccccc2)c1)c1cccc(-c2ccccc2)c1)N(O)[C@@H]1CCCCC1[NH+](O)C(=O)C(c1cccc(-c2ccccc2)c1)c1cccc(-c2ccccc2)c1. The molecule has 2 amide bonds. The topological polar surface area (TPSA) is 82.3 Å². The fraction of sp³-hybridized carbons (Fsp3) is 0.138. The first-order chi connectivity index (χ1) is 31.4. The summed E-state index contributed by atoms with van der Waals surface area (Å²) in [6.45, 7) is 0. The van der Waals surface area contributed by atoms with Crippen molar-refractivity contribution >= 4 is 11.8 Å². The molecule has 316 valence electrons. The van der Waals surface area contributed by atoms with Crippen LogP contribution < -0.4 is 5.06 Å². The minimum Gasteiger partial charge on any atom is -0.285 e. The molecule has 6 heteroatoms. The summed E-state index contributed by atoms with van der Waals surface area (Å²) in [5, 5.41) is 25.3. The fourth-order valence-electron chi connectivity index (χ4n) is 9.44. The summed E-state index contributed by atoms with van der Waals surface area (Å²) >= 11 is 0. The largest absolute Gasteiger partial charge is 0.356 e. The highest BCUT2D eigenvalue weighted by Gasteiger charge is 2.46. The maximum absolute atomic E-state index is 15.2. The van der Waals surface area contributed by atoms with Gasteiger partial charge in [-0.15, -0.1) is 5.06 Å². The number of carbonyl (C=O) groups is 2. The molecule has 0 spiro atoms. The molecule has 8 aromatic carbocycles. The summed E-state index contributed by atoms with van der Waals surface area (Å²) in [5.41, 5.74) is 10.8. The van der Waals surface area contributed by atoms with Crippen LogP contribution in [0.25, 0.3) is 44.5 Å². The zero-order valence-corrected chi connectivity index (χ0v) is 35.6. The number of benzene rings is 8. The molecule has 8 aromatic rings. The lowest BCUT2D eigenvalue weighted by Gasteiger charge is -2.38. The monoisotopic (exact) mass is 839 g/mol. The van der Waals surface area contributed by atoms with Gasteiger partial charge in [0.2, 0.25) is 0 Å². The second-order valence-corrected chi connectivity index (χ2v) is 16.7. The van der Waals surface area contributed by atoms with Crippen LogP contribution in [0.4, 0.5) is 0 Å². The molecule has 3 N–H and O–H groups in total. The number of rotatable bonds is 12.